The monoisotopic (exact) mass is 2130 g/mol. The number of hydrogen-bond acceptors (Lipinski definition) is 4. The van der Waals surface area contributed by atoms with Crippen molar-refractivity contribution in [2.24, 2.45) is 0 Å². The standard InChI is InChI=1S/C21H12F9S.C19H7F10OS.2C8H3BF6.2C6BF5.CHF3O3S.BF3.F6P.FH/c22-19(23,24)13-4-1-7-16(10-13)31(17-8-2-5-14(11-17)20(25,26)27)18-9-3-6-15(12-18)21(28,29)30;1-30-6-2-4-7(5-3-6)31(18-14(26)10(22)8(20)11(23)15(18)27)19-16(28)12(24)9(21)13(25)17(19)29;2*9-6-2-4(7(10,11)12)1-5(3-6)8(13,14)15;2*7-1-2(8)4(10)6(12)5(11)3(1)9;2-1(3,4)8(5,6)7;2-1(3)4;1-7(2,3,4,5)6;/h1-12H;2-5H,1H3;2*1-3H;;;(H,5,6,7);;;1H/q2*+1;;;;;;;-1;/p-2. The predicted molar refractivity (Wildman–Crippen MR) is 369 cm³/mol. The van der Waals surface area contributed by atoms with E-state index in [4.69, 9.17) is 33.4 Å². The fourth-order valence-electron chi connectivity index (χ4n) is 8.59. The Morgan fingerprint density at radius 2 is 0.463 bits per heavy atom. The third-order valence-corrected chi connectivity index (χ3v) is 19.2. The van der Waals surface area contributed by atoms with Crippen molar-refractivity contribution in [1.82, 2.24) is 0 Å². The quantitative estimate of drug-likeness (QED) is 0.0233. The number of alkyl halides is 24. The van der Waals surface area contributed by atoms with Gasteiger partial charge in [-0.25, -0.2) is 78.7 Å². The van der Waals surface area contributed by atoms with Crippen LogP contribution in [0.25, 0.3) is 0 Å². The second-order valence-corrected chi connectivity index (χ2v) is 31.1. The molecule has 0 heterocycles. The van der Waals surface area contributed by atoms with Crippen molar-refractivity contribution in [2.75, 3.05) is 7.11 Å². The maximum Gasteiger partial charge on any atom is 0.485 e. The number of ether oxygens (including phenoxy) is 1. The van der Waals surface area contributed by atoms with E-state index < -0.39 is 288 Å². The van der Waals surface area contributed by atoms with Crippen molar-refractivity contribution < 1.29 is 254 Å². The molecule has 0 fully saturated rings. The van der Waals surface area contributed by atoms with Gasteiger partial charge in [0.1, 0.15) is 48.0 Å². The molecule has 10 aromatic rings. The minimum absolute atomic E-state index is 0. The van der Waals surface area contributed by atoms with Gasteiger partial charge in [0, 0.05) is 18.2 Å². The van der Waals surface area contributed by atoms with Crippen molar-refractivity contribution in [3.05, 3.63) is 289 Å². The largest absolute Gasteiger partial charge is 1.00 e. The number of benzene rings is 10. The van der Waals surface area contributed by atoms with Gasteiger partial charge < -0.3 is 14.0 Å². The van der Waals surface area contributed by atoms with Gasteiger partial charge in [-0.05, 0) is 83.7 Å². The summed E-state index contributed by atoms with van der Waals surface area (Å²) in [5, 5.41) is 0. The molecule has 67 heteroatoms. The average molecular weight is 2130 g/mol. The maximum atomic E-state index is 14.5. The third kappa shape index (κ3) is 36.2. The number of hydrogen-bond donors (Lipinski definition) is 0. The molecule has 0 aliphatic heterocycles. The van der Waals surface area contributed by atoms with E-state index in [0.29, 0.717) is 24.3 Å². The predicted octanol–water partition coefficient (Wildman–Crippen LogP) is 22.7. The van der Waals surface area contributed by atoms with Crippen LogP contribution in [0.4, 0.5) is 231 Å². The normalized spacial score (nSPS) is 12.4. The van der Waals surface area contributed by atoms with E-state index in [-0.39, 0.29) is 37.3 Å². The smallest absolute Gasteiger partial charge is 0.485 e. The second kappa shape index (κ2) is 45.5. The summed E-state index contributed by atoms with van der Waals surface area (Å²) < 4.78 is 678. The van der Waals surface area contributed by atoms with E-state index in [1.165, 1.54) is 25.3 Å². The molecule has 10 rings (SSSR count). The fraction of sp³-hybridized carbons (Fsp3) is 0.130. The molecular weight excluding hydrogens is 2100 g/mol. The molecule has 8 radical (unpaired) electrons. The molecule has 0 amide bonds. The summed E-state index contributed by atoms with van der Waals surface area (Å²) >= 11 is 0. The first-order valence-corrected chi connectivity index (χ1v) is 38.1. The van der Waals surface area contributed by atoms with Gasteiger partial charge in [0.15, 0.2) is 87.9 Å². The number of methoxy groups -OCH3 is 1. The molecule has 0 aliphatic rings. The first kappa shape index (κ1) is 124. The summed E-state index contributed by atoms with van der Waals surface area (Å²) in [5.74, 6) is -45.4. The summed E-state index contributed by atoms with van der Waals surface area (Å²) in [7, 11) is -4.81. The topological polar surface area (TPSA) is 66.4 Å². The van der Waals surface area contributed by atoms with Crippen molar-refractivity contribution in [3.63, 3.8) is 0 Å². The van der Waals surface area contributed by atoms with Gasteiger partial charge in [0.05, 0.1) is 56.9 Å². The van der Waals surface area contributed by atoms with Gasteiger partial charge in [-0.1, -0.05) is 53.4 Å². The molecule has 0 spiro atoms. The minimum Gasteiger partial charge on any atom is -1.00 e. The molecule has 742 valence electrons. The molecule has 0 saturated carbocycles. The van der Waals surface area contributed by atoms with Crippen LogP contribution in [0.3, 0.4) is 0 Å². The number of halogens is 54. The summed E-state index contributed by atoms with van der Waals surface area (Å²) in [6, 6.07) is 17.4. The molecule has 4 nitrogen and oxygen atoms in total. The summed E-state index contributed by atoms with van der Waals surface area (Å²) in [4.78, 5) is -4.25. The Kier molecular flexibility index (Phi) is 41.3. The summed E-state index contributed by atoms with van der Waals surface area (Å²) in [5.41, 5.74) is -18.3. The van der Waals surface area contributed by atoms with Crippen molar-refractivity contribution in [3.8, 4) is 5.75 Å². The summed E-state index contributed by atoms with van der Waals surface area (Å²) in [6.45, 7) is 0. The van der Waals surface area contributed by atoms with Crippen LogP contribution in [0.1, 0.15) is 38.9 Å². The molecule has 0 atom stereocenters. The SMILES string of the molecule is COc1ccc([S+](c2c(F)c(F)c(F)c(F)c2F)c2c(F)c(F)c(F)c(F)c2F)cc1.FB(F)F.FC(F)(F)c1cccc([S+](c2cccc(C(F)(F)F)c2)c2cccc(C(F)(F)F)c2)c1.F[P-](F)(F)(F)(F)F.O=S(=O)([O-])C(F)(F)F.[B]c1c(F)c(F)c(F)c(F)c1F.[B]c1c(F)c(F)c(F)c(F)c1F.[B]c1cc(C(F)(F)F)cc(C(F)(F)F)c1.[B]c1cc(C(F)(F)F)cc(C(F)(F)F)c1.[F-]. The second-order valence-electron chi connectivity index (χ2n) is 23.9. The molecular formula is C69H25B5F54O4PS3-. The van der Waals surface area contributed by atoms with E-state index in [2.05, 4.69) is 15.7 Å². The van der Waals surface area contributed by atoms with Crippen molar-refractivity contribution >= 4 is 100 Å². The van der Waals surface area contributed by atoms with Gasteiger partial charge in [0.2, 0.25) is 68.0 Å². The molecule has 0 unspecified atom stereocenters. The first-order valence-electron chi connectivity index (χ1n) is 32.2. The van der Waals surface area contributed by atoms with E-state index in [1.54, 1.807) is 0 Å². The number of rotatable bonds is 7. The van der Waals surface area contributed by atoms with Crippen molar-refractivity contribution in [1.29, 1.82) is 0 Å². The van der Waals surface area contributed by atoms with Crippen LogP contribution in [0.15, 0.2) is 163 Å². The molecule has 0 N–H and O–H groups in total. The van der Waals surface area contributed by atoms with Gasteiger partial charge in [-0.2, -0.15) is 123 Å². The first-order chi connectivity index (χ1) is 60.4. The van der Waals surface area contributed by atoms with Gasteiger partial charge in [0.25, 0.3) is 0 Å². The molecule has 0 saturated heterocycles. The van der Waals surface area contributed by atoms with Crippen LogP contribution in [0.5, 0.6) is 5.75 Å². The Balaban J connectivity index is 0.000000812. The maximum absolute atomic E-state index is 14.5. The van der Waals surface area contributed by atoms with Gasteiger partial charge >= 0.3 is 89.3 Å². The zero-order valence-corrected chi connectivity index (χ0v) is 66.6. The Bertz CT molecular complexity index is 5260. The van der Waals surface area contributed by atoms with E-state index >= 15 is 0 Å². The molecule has 0 bridgehead atoms. The van der Waals surface area contributed by atoms with Crippen LogP contribution in [-0.4, -0.2) is 64.5 Å². The molecule has 10 aromatic carbocycles. The Morgan fingerprint density at radius 1 is 0.287 bits per heavy atom. The fourth-order valence-corrected chi connectivity index (χ4v) is 12.9. The Labute approximate surface area is 731 Å². The van der Waals surface area contributed by atoms with Crippen LogP contribution < -0.4 is 31.3 Å². The van der Waals surface area contributed by atoms with Crippen LogP contribution in [0, 0.1) is 116 Å². The van der Waals surface area contributed by atoms with Crippen LogP contribution in [-0.2, 0) is 75.1 Å². The Morgan fingerprint density at radius 3 is 0.632 bits per heavy atom. The van der Waals surface area contributed by atoms with Crippen LogP contribution in [0.2, 0.25) is 0 Å². The zero-order chi connectivity index (χ0) is 106. The van der Waals surface area contributed by atoms with E-state index in [0.717, 1.165) is 78.9 Å². The van der Waals surface area contributed by atoms with E-state index in [1.807, 2.05) is 0 Å². The molecule has 136 heavy (non-hydrogen) atoms. The van der Waals surface area contributed by atoms with Gasteiger partial charge in [-0.15, -0.1) is 0 Å². The average Bonchev–Trinajstić information content (AvgIpc) is 0.738. The zero-order valence-electron chi connectivity index (χ0n) is 63.3. The summed E-state index contributed by atoms with van der Waals surface area (Å²) in [6.07, 6.45) is -33.5. The third-order valence-electron chi connectivity index (χ3n) is 14.2. The molecule has 0 aliphatic carbocycles. The molecule has 0 aromatic heterocycles. The van der Waals surface area contributed by atoms with Gasteiger partial charge in [-0.3, -0.25) is 12.9 Å². The minimum atomic E-state index is -10.7. The Hall–Kier alpha value is -10.4. The van der Waals surface area contributed by atoms with Crippen molar-refractivity contribution in [2.45, 2.75) is 78.1 Å². The van der Waals surface area contributed by atoms with Crippen LogP contribution >= 0.6 is 7.81 Å². The van der Waals surface area contributed by atoms with E-state index in [9.17, 15) is 231 Å².